The third kappa shape index (κ3) is 1.78. The van der Waals surface area contributed by atoms with Gasteiger partial charge in [-0.3, -0.25) is 0 Å². The molecule has 0 aromatic heterocycles. The highest BCUT2D eigenvalue weighted by atomic mass is 19.4. The van der Waals surface area contributed by atoms with E-state index >= 15 is 0 Å². The third-order valence-electron chi connectivity index (χ3n) is 3.66. The minimum absolute atomic E-state index is 0.465. The van der Waals surface area contributed by atoms with Crippen LogP contribution in [-0.4, -0.2) is 25.7 Å². The van der Waals surface area contributed by atoms with Crippen LogP contribution >= 0.6 is 0 Å². The van der Waals surface area contributed by atoms with Gasteiger partial charge in [0.05, 0.1) is 5.56 Å². The van der Waals surface area contributed by atoms with Gasteiger partial charge in [0.1, 0.15) is 0 Å². The van der Waals surface area contributed by atoms with E-state index in [-0.39, 0.29) is 0 Å². The molecule has 2 unspecified atom stereocenters. The molecule has 3 rings (SSSR count). The number of benzene rings is 1. The molecule has 2 heterocycles. The highest BCUT2D eigenvalue weighted by Gasteiger charge is 2.42. The number of hydrogen-bond donors (Lipinski definition) is 1. The molecule has 0 spiro atoms. The number of rotatable bonds is 1. The zero-order chi connectivity index (χ0) is 12.0. The molecule has 1 aromatic carbocycles. The summed E-state index contributed by atoms with van der Waals surface area (Å²) in [4.78, 5) is 2.17. The van der Waals surface area contributed by atoms with Crippen molar-refractivity contribution in [2.45, 2.75) is 12.2 Å². The van der Waals surface area contributed by atoms with Crippen LogP contribution in [0.2, 0.25) is 0 Å². The van der Waals surface area contributed by atoms with Gasteiger partial charge in [-0.25, -0.2) is 0 Å². The molecule has 0 saturated carbocycles. The molecule has 1 N–H and O–H groups in total. The summed E-state index contributed by atoms with van der Waals surface area (Å²) in [7, 11) is 0. The molecule has 92 valence electrons. The van der Waals surface area contributed by atoms with Crippen LogP contribution in [-0.2, 0) is 6.18 Å². The molecule has 2 saturated heterocycles. The molecule has 5 heteroatoms. The van der Waals surface area contributed by atoms with E-state index in [0.29, 0.717) is 12.0 Å². The van der Waals surface area contributed by atoms with Crippen molar-refractivity contribution in [3.63, 3.8) is 0 Å². The van der Waals surface area contributed by atoms with Crippen molar-refractivity contribution < 1.29 is 13.2 Å². The number of halogens is 3. The van der Waals surface area contributed by atoms with E-state index in [2.05, 4.69) is 10.2 Å². The molecule has 0 bridgehead atoms. The smallest absolute Gasteiger partial charge is 0.366 e. The molecular weight excluding hydrogens is 229 g/mol. The van der Waals surface area contributed by atoms with E-state index in [9.17, 15) is 13.2 Å². The van der Waals surface area contributed by atoms with Crippen LogP contribution in [0.5, 0.6) is 0 Å². The van der Waals surface area contributed by atoms with E-state index in [1.807, 2.05) is 0 Å². The second-order valence-electron chi connectivity index (χ2n) is 4.68. The van der Waals surface area contributed by atoms with Crippen LogP contribution in [0.25, 0.3) is 0 Å². The molecule has 0 amide bonds. The number of fused-ring (bicyclic) bond motifs is 1. The lowest BCUT2D eigenvalue weighted by Gasteiger charge is -2.45. The molecule has 1 aromatic rings. The first-order chi connectivity index (χ1) is 8.05. The fourth-order valence-corrected chi connectivity index (χ4v) is 2.66. The summed E-state index contributed by atoms with van der Waals surface area (Å²) in [6, 6.07) is 5.91. The Hall–Kier alpha value is -1.23. The van der Waals surface area contributed by atoms with E-state index in [0.717, 1.165) is 37.5 Å². The van der Waals surface area contributed by atoms with Crippen molar-refractivity contribution in [3.05, 3.63) is 29.8 Å². The summed E-state index contributed by atoms with van der Waals surface area (Å²) in [6.07, 6.45) is -4.25. The summed E-state index contributed by atoms with van der Waals surface area (Å²) in [5.74, 6) is 0.664. The van der Waals surface area contributed by atoms with Gasteiger partial charge in [-0.15, -0.1) is 0 Å². The minimum atomic E-state index is -4.25. The standard InChI is InChI=1S/C12H13F3N2/c13-12(14,15)9-1-3-10(4-2-9)17-7-8-5-16-6-11(8)17/h1-4,8,11,16H,5-7H2. The first kappa shape index (κ1) is 10.9. The van der Waals surface area contributed by atoms with Gasteiger partial charge in [0, 0.05) is 37.3 Å². The van der Waals surface area contributed by atoms with Crippen molar-refractivity contribution >= 4 is 5.69 Å². The summed E-state index contributed by atoms with van der Waals surface area (Å²) in [5, 5.41) is 3.30. The average molecular weight is 242 g/mol. The Morgan fingerprint density at radius 1 is 1.12 bits per heavy atom. The van der Waals surface area contributed by atoms with Crippen molar-refractivity contribution in [1.82, 2.24) is 5.32 Å². The van der Waals surface area contributed by atoms with Crippen molar-refractivity contribution in [3.8, 4) is 0 Å². The maximum absolute atomic E-state index is 12.4. The highest BCUT2D eigenvalue weighted by Crippen LogP contribution is 2.35. The second kappa shape index (κ2) is 3.63. The molecule has 0 radical (unpaired) electrons. The molecule has 2 aliphatic rings. The Morgan fingerprint density at radius 2 is 1.82 bits per heavy atom. The first-order valence-corrected chi connectivity index (χ1v) is 5.70. The lowest BCUT2D eigenvalue weighted by molar-refractivity contribution is -0.137. The lowest BCUT2D eigenvalue weighted by Crippen LogP contribution is -2.55. The third-order valence-corrected chi connectivity index (χ3v) is 3.66. The normalized spacial score (nSPS) is 27.8. The number of nitrogens with zero attached hydrogens (tertiary/aromatic N) is 1. The van der Waals surface area contributed by atoms with Crippen LogP contribution in [0, 0.1) is 5.92 Å². The Balaban J connectivity index is 1.77. The Kier molecular flexibility index (Phi) is 2.33. The predicted octanol–water partition coefficient (Wildman–Crippen LogP) is 2.11. The molecule has 2 atom stereocenters. The maximum Gasteiger partial charge on any atom is 0.416 e. The topological polar surface area (TPSA) is 15.3 Å². The minimum Gasteiger partial charge on any atom is -0.366 e. The van der Waals surface area contributed by atoms with Crippen LogP contribution in [0.4, 0.5) is 18.9 Å². The molecule has 2 fully saturated rings. The van der Waals surface area contributed by atoms with Gasteiger partial charge < -0.3 is 10.2 Å². The average Bonchev–Trinajstić information content (AvgIpc) is 2.60. The monoisotopic (exact) mass is 242 g/mol. The summed E-state index contributed by atoms with van der Waals surface area (Å²) >= 11 is 0. The van der Waals surface area contributed by atoms with Crippen molar-refractivity contribution in [2.75, 3.05) is 24.5 Å². The van der Waals surface area contributed by atoms with Gasteiger partial charge >= 0.3 is 6.18 Å². The summed E-state index contributed by atoms with van der Waals surface area (Å²) in [6.45, 7) is 2.91. The van der Waals surface area contributed by atoms with Gasteiger partial charge in [0.25, 0.3) is 0 Å². The van der Waals surface area contributed by atoms with Crippen LogP contribution in [0.3, 0.4) is 0 Å². The molecular formula is C12H13F3N2. The van der Waals surface area contributed by atoms with Crippen LogP contribution < -0.4 is 10.2 Å². The van der Waals surface area contributed by atoms with Gasteiger partial charge in [-0.1, -0.05) is 0 Å². The lowest BCUT2D eigenvalue weighted by atomic mass is 9.91. The van der Waals surface area contributed by atoms with Crippen LogP contribution in [0.15, 0.2) is 24.3 Å². The maximum atomic E-state index is 12.4. The number of alkyl halides is 3. The van der Waals surface area contributed by atoms with E-state index < -0.39 is 11.7 Å². The van der Waals surface area contributed by atoms with Crippen molar-refractivity contribution in [2.24, 2.45) is 5.92 Å². The summed E-state index contributed by atoms with van der Waals surface area (Å²) in [5.41, 5.74) is 0.311. The van der Waals surface area contributed by atoms with E-state index in [1.54, 1.807) is 12.1 Å². The van der Waals surface area contributed by atoms with Gasteiger partial charge in [0.15, 0.2) is 0 Å². The van der Waals surface area contributed by atoms with E-state index in [4.69, 9.17) is 0 Å². The van der Waals surface area contributed by atoms with Gasteiger partial charge in [-0.05, 0) is 24.3 Å². The Bertz CT molecular complexity index is 413. The number of hydrogen-bond acceptors (Lipinski definition) is 2. The quantitative estimate of drug-likeness (QED) is 0.811. The van der Waals surface area contributed by atoms with Crippen molar-refractivity contribution in [1.29, 1.82) is 0 Å². The Labute approximate surface area is 97.4 Å². The summed E-state index contributed by atoms with van der Waals surface area (Å²) < 4.78 is 37.2. The predicted molar refractivity (Wildman–Crippen MR) is 58.9 cm³/mol. The van der Waals surface area contributed by atoms with E-state index in [1.165, 1.54) is 0 Å². The molecule has 2 aliphatic heterocycles. The van der Waals surface area contributed by atoms with Gasteiger partial charge in [0.2, 0.25) is 0 Å². The van der Waals surface area contributed by atoms with Crippen LogP contribution in [0.1, 0.15) is 5.56 Å². The molecule has 17 heavy (non-hydrogen) atoms. The molecule has 2 nitrogen and oxygen atoms in total. The van der Waals surface area contributed by atoms with Gasteiger partial charge in [-0.2, -0.15) is 13.2 Å². The number of anilines is 1. The fourth-order valence-electron chi connectivity index (χ4n) is 2.66. The SMILES string of the molecule is FC(F)(F)c1ccc(N2CC3CNCC32)cc1. The first-order valence-electron chi connectivity index (χ1n) is 5.70. The largest absolute Gasteiger partial charge is 0.416 e. The second-order valence-corrected chi connectivity index (χ2v) is 4.68. The Morgan fingerprint density at radius 3 is 2.41 bits per heavy atom. The molecule has 0 aliphatic carbocycles. The highest BCUT2D eigenvalue weighted by molar-refractivity contribution is 5.52. The zero-order valence-electron chi connectivity index (χ0n) is 9.17. The number of nitrogens with one attached hydrogen (secondary N) is 1. The zero-order valence-corrected chi connectivity index (χ0v) is 9.17. The fraction of sp³-hybridized carbons (Fsp3) is 0.500.